The van der Waals surface area contributed by atoms with Gasteiger partial charge in [0.1, 0.15) is 5.54 Å². The zero-order valence-corrected chi connectivity index (χ0v) is 16.7. The first-order valence-electron chi connectivity index (χ1n) is 10.6. The summed E-state index contributed by atoms with van der Waals surface area (Å²) in [7, 11) is 0. The van der Waals surface area contributed by atoms with Gasteiger partial charge >= 0.3 is 12.0 Å². The largest absolute Gasteiger partial charge is 0.452 e. The molecule has 0 unspecified atom stereocenters. The third-order valence-corrected chi connectivity index (χ3v) is 6.49. The van der Waals surface area contributed by atoms with Crippen molar-refractivity contribution in [3.63, 3.8) is 0 Å². The molecule has 2 aliphatic carbocycles. The smallest absolute Gasteiger partial charge is 0.325 e. The SMILES string of the molecule is O=C(CCCN1C(=O)NC2(CCCC2)C1=O)OC1c2ccccc2-c2ccccc21. The second kappa shape index (κ2) is 7.27. The minimum atomic E-state index is -0.700. The summed E-state index contributed by atoms with van der Waals surface area (Å²) in [5.41, 5.74) is 3.46. The first-order chi connectivity index (χ1) is 14.6. The molecule has 1 saturated heterocycles. The molecule has 6 heteroatoms. The van der Waals surface area contributed by atoms with E-state index in [1.807, 2.05) is 48.5 Å². The number of hydrogen-bond acceptors (Lipinski definition) is 4. The molecule has 2 aromatic rings. The highest BCUT2D eigenvalue weighted by atomic mass is 16.5. The molecule has 0 bridgehead atoms. The fourth-order valence-electron chi connectivity index (χ4n) is 5.00. The van der Waals surface area contributed by atoms with E-state index in [1.54, 1.807) is 0 Å². The Morgan fingerprint density at radius 2 is 1.60 bits per heavy atom. The minimum absolute atomic E-state index is 0.142. The highest BCUT2D eigenvalue weighted by Gasteiger charge is 2.52. The maximum atomic E-state index is 12.7. The number of carbonyl (C=O) groups excluding carboxylic acids is 3. The Morgan fingerprint density at radius 3 is 2.23 bits per heavy atom. The fraction of sp³-hybridized carbons (Fsp3) is 0.375. The number of amides is 3. The van der Waals surface area contributed by atoms with Gasteiger partial charge in [0, 0.05) is 24.1 Å². The van der Waals surface area contributed by atoms with E-state index in [2.05, 4.69) is 5.32 Å². The van der Waals surface area contributed by atoms with E-state index < -0.39 is 11.6 Å². The van der Waals surface area contributed by atoms with Gasteiger partial charge in [-0.25, -0.2) is 4.79 Å². The van der Waals surface area contributed by atoms with Crippen LogP contribution in [0.4, 0.5) is 4.79 Å². The summed E-state index contributed by atoms with van der Waals surface area (Å²) < 4.78 is 5.83. The van der Waals surface area contributed by atoms with Crippen molar-refractivity contribution in [1.82, 2.24) is 10.2 Å². The molecular formula is C24H24N2O4. The van der Waals surface area contributed by atoms with Gasteiger partial charge < -0.3 is 10.1 Å². The molecule has 0 radical (unpaired) electrons. The summed E-state index contributed by atoms with van der Waals surface area (Å²) in [5.74, 6) is -0.467. The van der Waals surface area contributed by atoms with E-state index in [1.165, 1.54) is 4.90 Å². The Labute approximate surface area is 175 Å². The van der Waals surface area contributed by atoms with Crippen LogP contribution < -0.4 is 5.32 Å². The van der Waals surface area contributed by atoms with Crippen LogP contribution >= 0.6 is 0 Å². The third-order valence-electron chi connectivity index (χ3n) is 6.49. The molecule has 2 fully saturated rings. The van der Waals surface area contributed by atoms with Crippen LogP contribution in [-0.2, 0) is 14.3 Å². The van der Waals surface area contributed by atoms with Crippen LogP contribution in [0.2, 0.25) is 0 Å². The van der Waals surface area contributed by atoms with Crippen molar-refractivity contribution in [1.29, 1.82) is 0 Å². The number of nitrogens with zero attached hydrogens (tertiary/aromatic N) is 1. The molecular weight excluding hydrogens is 380 g/mol. The molecule has 6 nitrogen and oxygen atoms in total. The van der Waals surface area contributed by atoms with Crippen LogP contribution in [0.25, 0.3) is 11.1 Å². The van der Waals surface area contributed by atoms with E-state index in [0.717, 1.165) is 35.1 Å². The quantitative estimate of drug-likeness (QED) is 0.605. The van der Waals surface area contributed by atoms with E-state index in [4.69, 9.17) is 4.74 Å². The molecule has 154 valence electrons. The van der Waals surface area contributed by atoms with Crippen LogP contribution in [0, 0.1) is 0 Å². The second-order valence-corrected chi connectivity index (χ2v) is 8.32. The summed E-state index contributed by atoms with van der Waals surface area (Å²) in [6.45, 7) is 0.235. The number of fused-ring (bicyclic) bond motifs is 3. The van der Waals surface area contributed by atoms with Crippen molar-refractivity contribution in [2.45, 2.75) is 50.2 Å². The van der Waals surface area contributed by atoms with E-state index in [-0.39, 0.29) is 30.9 Å². The molecule has 1 N–H and O–H groups in total. The number of hydrogen-bond donors (Lipinski definition) is 1. The predicted molar refractivity (Wildman–Crippen MR) is 110 cm³/mol. The summed E-state index contributed by atoms with van der Waals surface area (Å²) in [4.78, 5) is 38.8. The maximum Gasteiger partial charge on any atom is 0.325 e. The third kappa shape index (κ3) is 2.98. The monoisotopic (exact) mass is 404 g/mol. The summed E-state index contributed by atoms with van der Waals surface area (Å²) in [5, 5.41) is 2.87. The minimum Gasteiger partial charge on any atom is -0.452 e. The van der Waals surface area contributed by atoms with Gasteiger partial charge in [-0.15, -0.1) is 0 Å². The summed E-state index contributed by atoms with van der Waals surface area (Å²) >= 11 is 0. The molecule has 1 heterocycles. The molecule has 5 rings (SSSR count). The average molecular weight is 404 g/mol. The molecule has 3 aliphatic rings. The second-order valence-electron chi connectivity index (χ2n) is 8.32. The Bertz CT molecular complexity index is 980. The molecule has 1 aliphatic heterocycles. The maximum absolute atomic E-state index is 12.7. The van der Waals surface area contributed by atoms with Gasteiger partial charge in [-0.3, -0.25) is 14.5 Å². The summed E-state index contributed by atoms with van der Waals surface area (Å²) in [6.07, 6.45) is 3.46. The van der Waals surface area contributed by atoms with Crippen molar-refractivity contribution in [3.05, 3.63) is 59.7 Å². The van der Waals surface area contributed by atoms with Crippen molar-refractivity contribution in [2.75, 3.05) is 6.54 Å². The highest BCUT2D eigenvalue weighted by molar-refractivity contribution is 6.07. The van der Waals surface area contributed by atoms with E-state index >= 15 is 0 Å². The molecule has 0 atom stereocenters. The molecule has 1 saturated carbocycles. The Balaban J connectivity index is 1.21. The van der Waals surface area contributed by atoms with Gasteiger partial charge in [0.2, 0.25) is 0 Å². The molecule has 30 heavy (non-hydrogen) atoms. The van der Waals surface area contributed by atoms with Crippen molar-refractivity contribution >= 4 is 17.9 Å². The number of esters is 1. The summed E-state index contributed by atoms with van der Waals surface area (Å²) in [6, 6.07) is 15.6. The van der Waals surface area contributed by atoms with Gasteiger partial charge in [0.05, 0.1) is 0 Å². The van der Waals surface area contributed by atoms with Crippen LogP contribution in [0.3, 0.4) is 0 Å². The molecule has 2 aromatic carbocycles. The van der Waals surface area contributed by atoms with Crippen LogP contribution in [0.5, 0.6) is 0 Å². The number of benzene rings is 2. The molecule has 0 aromatic heterocycles. The zero-order valence-electron chi connectivity index (χ0n) is 16.7. The number of carbonyl (C=O) groups is 3. The van der Waals surface area contributed by atoms with Crippen LogP contribution in [0.15, 0.2) is 48.5 Å². The number of nitrogens with one attached hydrogen (secondary N) is 1. The first kappa shape index (κ1) is 18.9. The fourth-order valence-corrected chi connectivity index (χ4v) is 5.00. The average Bonchev–Trinajstić information content (AvgIpc) is 3.41. The Morgan fingerprint density at radius 1 is 1.00 bits per heavy atom. The van der Waals surface area contributed by atoms with Crippen LogP contribution in [0.1, 0.15) is 55.8 Å². The topological polar surface area (TPSA) is 75.7 Å². The number of ether oxygens (including phenoxy) is 1. The number of rotatable bonds is 5. The lowest BCUT2D eigenvalue weighted by molar-refractivity contribution is -0.147. The predicted octanol–water partition coefficient (Wildman–Crippen LogP) is 3.94. The highest BCUT2D eigenvalue weighted by Crippen LogP contribution is 2.45. The van der Waals surface area contributed by atoms with Crippen molar-refractivity contribution in [2.24, 2.45) is 0 Å². The molecule has 1 spiro atoms. The van der Waals surface area contributed by atoms with Gasteiger partial charge in [0.25, 0.3) is 5.91 Å². The number of urea groups is 1. The first-order valence-corrected chi connectivity index (χ1v) is 10.6. The lowest BCUT2D eigenvalue weighted by Gasteiger charge is -2.20. The molecule has 3 amide bonds. The normalized spacial score (nSPS) is 19.1. The Hall–Kier alpha value is -3.15. The van der Waals surface area contributed by atoms with E-state index in [0.29, 0.717) is 19.3 Å². The van der Waals surface area contributed by atoms with Crippen LogP contribution in [-0.4, -0.2) is 34.9 Å². The van der Waals surface area contributed by atoms with Gasteiger partial charge in [0.15, 0.2) is 6.10 Å². The zero-order chi connectivity index (χ0) is 20.7. The van der Waals surface area contributed by atoms with Crippen molar-refractivity contribution < 1.29 is 19.1 Å². The lowest BCUT2D eigenvalue weighted by Crippen LogP contribution is -2.44. The van der Waals surface area contributed by atoms with Crippen molar-refractivity contribution in [3.8, 4) is 11.1 Å². The number of imide groups is 1. The standard InChI is InChI=1S/C24H24N2O4/c27-20(12-7-15-26-22(28)24(25-23(26)29)13-5-6-14-24)30-21-18-10-3-1-8-16(18)17-9-2-4-11-19(17)21/h1-4,8-11,21H,5-7,12-15H2,(H,25,29). The van der Waals surface area contributed by atoms with E-state index in [9.17, 15) is 14.4 Å². The van der Waals surface area contributed by atoms with Gasteiger partial charge in [-0.2, -0.15) is 0 Å². The lowest BCUT2D eigenvalue weighted by atomic mass is 9.98. The van der Waals surface area contributed by atoms with Gasteiger partial charge in [-0.05, 0) is 30.4 Å². The van der Waals surface area contributed by atoms with Gasteiger partial charge in [-0.1, -0.05) is 61.4 Å². The Kier molecular flexibility index (Phi) is 4.57.